The second-order valence-corrected chi connectivity index (χ2v) is 8.00. The molecule has 0 saturated carbocycles. The van der Waals surface area contributed by atoms with E-state index in [4.69, 9.17) is 19.9 Å². The van der Waals surface area contributed by atoms with Crippen LogP contribution < -0.4 is 15.8 Å². The lowest BCUT2D eigenvalue weighted by Gasteiger charge is -2.32. The van der Waals surface area contributed by atoms with Crippen molar-refractivity contribution < 1.29 is 28.7 Å². The van der Waals surface area contributed by atoms with Gasteiger partial charge in [-0.3, -0.25) is 10.1 Å². The lowest BCUT2D eigenvalue weighted by molar-refractivity contribution is -0.384. The number of benzene rings is 1. The van der Waals surface area contributed by atoms with Gasteiger partial charge in [0.2, 0.25) is 0 Å². The van der Waals surface area contributed by atoms with Crippen LogP contribution in [0.25, 0.3) is 0 Å². The van der Waals surface area contributed by atoms with E-state index in [1.54, 1.807) is 20.8 Å². The highest BCUT2D eigenvalue weighted by molar-refractivity contribution is 6.00. The Morgan fingerprint density at radius 3 is 2.31 bits per heavy atom. The van der Waals surface area contributed by atoms with Gasteiger partial charge in [0.15, 0.2) is 0 Å². The number of rotatable bonds is 13. The zero-order valence-electron chi connectivity index (χ0n) is 20.8. The zero-order chi connectivity index (χ0) is 26.0. The van der Waals surface area contributed by atoms with Crippen molar-refractivity contribution in [2.45, 2.75) is 59.3 Å². The molecule has 0 amide bonds. The van der Waals surface area contributed by atoms with Crippen LogP contribution >= 0.6 is 0 Å². The summed E-state index contributed by atoms with van der Waals surface area (Å²) in [7, 11) is 0. The van der Waals surface area contributed by atoms with Gasteiger partial charge in [0, 0.05) is 29.1 Å². The van der Waals surface area contributed by atoms with Gasteiger partial charge >= 0.3 is 11.9 Å². The molecule has 10 nitrogen and oxygen atoms in total. The summed E-state index contributed by atoms with van der Waals surface area (Å²) in [5.74, 6) is -1.86. The minimum absolute atomic E-state index is 0.125. The van der Waals surface area contributed by atoms with E-state index in [9.17, 15) is 19.7 Å². The quantitative estimate of drug-likeness (QED) is 0.183. The molecule has 0 radical (unpaired) electrons. The molecule has 0 fully saturated rings. The maximum atomic E-state index is 13.2. The first-order valence-corrected chi connectivity index (χ1v) is 12.0. The predicted octanol–water partition coefficient (Wildman–Crippen LogP) is 3.85. The number of hydrogen-bond donors (Lipinski definition) is 2. The van der Waals surface area contributed by atoms with E-state index < -0.39 is 22.8 Å². The third kappa shape index (κ3) is 6.82. The van der Waals surface area contributed by atoms with Gasteiger partial charge in [-0.1, -0.05) is 13.3 Å². The average Bonchev–Trinajstić information content (AvgIpc) is 2.81. The molecule has 1 atom stereocenters. The Labute approximate surface area is 205 Å². The molecule has 192 valence electrons. The smallest absolute Gasteiger partial charge is 0.336 e. The highest BCUT2D eigenvalue weighted by atomic mass is 16.6. The van der Waals surface area contributed by atoms with Crippen LogP contribution in [0.2, 0.25) is 0 Å². The van der Waals surface area contributed by atoms with Gasteiger partial charge in [0.05, 0.1) is 41.8 Å². The van der Waals surface area contributed by atoms with Crippen molar-refractivity contribution in [3.05, 3.63) is 56.4 Å². The number of nitrogens with two attached hydrogens (primary N) is 1. The summed E-state index contributed by atoms with van der Waals surface area (Å²) >= 11 is 0. The molecular formula is C25H35N3O7. The lowest BCUT2D eigenvalue weighted by atomic mass is 9.79. The molecule has 1 aromatic rings. The summed E-state index contributed by atoms with van der Waals surface area (Å²) in [6.07, 6.45) is 2.66. The number of esters is 2. The van der Waals surface area contributed by atoms with Crippen LogP contribution in [0.5, 0.6) is 5.75 Å². The predicted molar refractivity (Wildman–Crippen MR) is 131 cm³/mol. The molecule has 2 rings (SSSR count). The monoisotopic (exact) mass is 489 g/mol. The van der Waals surface area contributed by atoms with Crippen LogP contribution in [0.4, 0.5) is 5.69 Å². The number of nitrogens with one attached hydrogen (secondary N) is 1. The van der Waals surface area contributed by atoms with Crippen molar-refractivity contribution in [2.75, 3.05) is 26.4 Å². The Kier molecular flexibility index (Phi) is 10.7. The summed E-state index contributed by atoms with van der Waals surface area (Å²) < 4.78 is 16.7. The molecule has 1 unspecified atom stereocenters. The highest BCUT2D eigenvalue weighted by Gasteiger charge is 2.40. The lowest BCUT2D eigenvalue weighted by Crippen LogP contribution is -2.33. The van der Waals surface area contributed by atoms with Crippen LogP contribution in [0, 0.1) is 10.1 Å². The number of nitrogens with zero attached hydrogens (tertiary/aromatic N) is 1. The number of unbranched alkanes of at least 4 members (excludes halogenated alkanes) is 1. The van der Waals surface area contributed by atoms with Gasteiger partial charge in [0.1, 0.15) is 5.75 Å². The molecule has 0 spiro atoms. The number of nitro benzene ring substituents is 1. The van der Waals surface area contributed by atoms with Crippen LogP contribution in [0.1, 0.15) is 64.9 Å². The Balaban J connectivity index is 2.80. The molecule has 1 heterocycles. The summed E-state index contributed by atoms with van der Waals surface area (Å²) in [5.41, 5.74) is 7.22. The van der Waals surface area contributed by atoms with E-state index in [0.717, 1.165) is 12.8 Å². The standard InChI is InChI=1S/C25H35N3O7/c1-5-10-19-23(25(30)34-7-3)22(21(16(4)27-19)24(29)33-6-2)18-15-17(28(31)32)11-12-20(18)35-14-9-8-13-26/h11-12,15,22,27H,5-10,13-14,26H2,1-4H3. The largest absolute Gasteiger partial charge is 0.493 e. The number of nitro groups is 1. The maximum absolute atomic E-state index is 13.2. The first-order chi connectivity index (χ1) is 16.8. The Hall–Kier alpha value is -3.40. The third-order valence-corrected chi connectivity index (χ3v) is 5.51. The van der Waals surface area contributed by atoms with Gasteiger partial charge in [-0.25, -0.2) is 9.59 Å². The Bertz CT molecular complexity index is 1000. The number of carbonyl (C=O) groups is 2. The Morgan fingerprint density at radius 1 is 1.09 bits per heavy atom. The van der Waals surface area contributed by atoms with Crippen LogP contribution in [0.15, 0.2) is 40.7 Å². The van der Waals surface area contributed by atoms with Gasteiger partial charge in [-0.05, 0) is 52.6 Å². The minimum atomic E-state index is -0.972. The SMILES string of the molecule is CCCC1=C(C(=O)OCC)C(c2cc([N+](=O)[O-])ccc2OCCCCN)C(C(=O)OCC)=C(C)N1. The van der Waals surface area contributed by atoms with E-state index in [1.807, 2.05) is 6.92 Å². The first kappa shape index (κ1) is 27.8. The molecule has 0 aliphatic carbocycles. The molecule has 1 aromatic carbocycles. The molecule has 0 bridgehead atoms. The normalized spacial score (nSPS) is 15.5. The van der Waals surface area contributed by atoms with E-state index in [-0.39, 0.29) is 30.0 Å². The molecule has 3 N–H and O–H groups in total. The summed E-state index contributed by atoms with van der Waals surface area (Å²) in [4.78, 5) is 37.5. The topological polar surface area (TPSA) is 143 Å². The molecule has 10 heteroatoms. The van der Waals surface area contributed by atoms with Gasteiger partial charge < -0.3 is 25.3 Å². The molecule has 1 aliphatic rings. The number of ether oxygens (including phenoxy) is 3. The Morgan fingerprint density at radius 2 is 1.74 bits per heavy atom. The van der Waals surface area contributed by atoms with Crippen LogP contribution in [-0.4, -0.2) is 43.2 Å². The maximum Gasteiger partial charge on any atom is 0.336 e. The number of carbonyl (C=O) groups excluding carboxylic acids is 2. The fraction of sp³-hybridized carbons (Fsp3) is 0.520. The summed E-state index contributed by atoms with van der Waals surface area (Å²) in [5, 5.41) is 14.8. The fourth-order valence-electron chi connectivity index (χ4n) is 4.02. The molecule has 0 aromatic heterocycles. The summed E-state index contributed by atoms with van der Waals surface area (Å²) in [6.45, 7) is 8.14. The number of hydrogen-bond acceptors (Lipinski definition) is 9. The molecular weight excluding hydrogens is 454 g/mol. The summed E-state index contributed by atoms with van der Waals surface area (Å²) in [6, 6.07) is 4.19. The fourth-order valence-corrected chi connectivity index (χ4v) is 4.02. The second kappa shape index (κ2) is 13.5. The van der Waals surface area contributed by atoms with E-state index in [0.29, 0.717) is 48.7 Å². The van der Waals surface area contributed by atoms with E-state index >= 15 is 0 Å². The number of allylic oxidation sites excluding steroid dienone is 2. The first-order valence-electron chi connectivity index (χ1n) is 12.0. The van der Waals surface area contributed by atoms with Crippen molar-refractivity contribution in [1.82, 2.24) is 5.32 Å². The van der Waals surface area contributed by atoms with Crippen molar-refractivity contribution in [2.24, 2.45) is 5.73 Å². The van der Waals surface area contributed by atoms with Crippen LogP contribution in [0.3, 0.4) is 0 Å². The highest BCUT2D eigenvalue weighted by Crippen LogP contribution is 2.44. The minimum Gasteiger partial charge on any atom is -0.493 e. The number of dihydropyridines is 1. The average molecular weight is 490 g/mol. The van der Waals surface area contributed by atoms with Gasteiger partial charge in [-0.15, -0.1) is 0 Å². The van der Waals surface area contributed by atoms with Crippen molar-refractivity contribution in [3.8, 4) is 5.75 Å². The second-order valence-electron chi connectivity index (χ2n) is 8.00. The van der Waals surface area contributed by atoms with Crippen molar-refractivity contribution >= 4 is 17.6 Å². The van der Waals surface area contributed by atoms with Crippen molar-refractivity contribution in [1.29, 1.82) is 0 Å². The van der Waals surface area contributed by atoms with Crippen molar-refractivity contribution in [3.63, 3.8) is 0 Å². The zero-order valence-corrected chi connectivity index (χ0v) is 20.8. The van der Waals surface area contributed by atoms with E-state index in [1.165, 1.54) is 18.2 Å². The number of non-ortho nitro benzene ring substituents is 1. The molecule has 35 heavy (non-hydrogen) atoms. The van der Waals surface area contributed by atoms with Crippen LogP contribution in [-0.2, 0) is 19.1 Å². The van der Waals surface area contributed by atoms with Gasteiger partial charge in [-0.2, -0.15) is 0 Å². The van der Waals surface area contributed by atoms with Gasteiger partial charge in [0.25, 0.3) is 5.69 Å². The molecule has 0 saturated heterocycles. The third-order valence-electron chi connectivity index (χ3n) is 5.51. The molecule has 1 aliphatic heterocycles. The van der Waals surface area contributed by atoms with E-state index in [2.05, 4.69) is 5.32 Å².